The van der Waals surface area contributed by atoms with Crippen molar-refractivity contribution in [1.82, 2.24) is 0 Å². The topological polar surface area (TPSA) is 29.3 Å². The molecule has 1 heterocycles. The van der Waals surface area contributed by atoms with Crippen molar-refractivity contribution >= 4 is 5.69 Å². The molecule has 1 aromatic carbocycles. The Labute approximate surface area is 105 Å². The summed E-state index contributed by atoms with van der Waals surface area (Å²) < 4.78 is 0. The quantitative estimate of drug-likeness (QED) is 0.791. The predicted octanol–water partition coefficient (Wildman–Crippen LogP) is 2.96. The third kappa shape index (κ3) is 3.47. The number of hydrogen-bond donors (Lipinski definition) is 1. The summed E-state index contributed by atoms with van der Waals surface area (Å²) in [6.45, 7) is 3.27. The number of rotatable bonds is 5. The molecule has 2 N–H and O–H groups in total. The van der Waals surface area contributed by atoms with Crippen molar-refractivity contribution < 1.29 is 0 Å². The fourth-order valence-electron chi connectivity index (χ4n) is 2.63. The molecule has 1 aliphatic rings. The van der Waals surface area contributed by atoms with Gasteiger partial charge in [0.25, 0.3) is 0 Å². The lowest BCUT2D eigenvalue weighted by Gasteiger charge is -2.30. The first kappa shape index (κ1) is 12.4. The molecule has 0 bridgehead atoms. The van der Waals surface area contributed by atoms with Crippen molar-refractivity contribution in [2.45, 2.75) is 38.5 Å². The molecule has 1 aliphatic heterocycles. The van der Waals surface area contributed by atoms with Gasteiger partial charge in [-0.3, -0.25) is 0 Å². The Hall–Kier alpha value is -1.02. The minimum Gasteiger partial charge on any atom is -0.371 e. The highest BCUT2D eigenvalue weighted by Gasteiger charge is 2.13. The van der Waals surface area contributed by atoms with Crippen LogP contribution in [-0.4, -0.2) is 19.6 Å². The van der Waals surface area contributed by atoms with Crippen LogP contribution in [0.4, 0.5) is 5.69 Å². The van der Waals surface area contributed by atoms with Crippen LogP contribution in [0.5, 0.6) is 0 Å². The average Bonchev–Trinajstić information content (AvgIpc) is 2.41. The molecule has 2 rings (SSSR count). The van der Waals surface area contributed by atoms with Crippen LogP contribution in [0.25, 0.3) is 0 Å². The van der Waals surface area contributed by atoms with E-state index in [1.54, 1.807) is 0 Å². The second-order valence-corrected chi connectivity index (χ2v) is 4.92. The molecule has 2 nitrogen and oxygen atoms in total. The highest BCUT2D eigenvalue weighted by molar-refractivity contribution is 5.53. The Morgan fingerprint density at radius 1 is 1.00 bits per heavy atom. The van der Waals surface area contributed by atoms with E-state index in [-0.39, 0.29) is 0 Å². The van der Waals surface area contributed by atoms with Crippen LogP contribution in [0.1, 0.15) is 37.7 Å². The average molecular weight is 232 g/mol. The second-order valence-electron chi connectivity index (χ2n) is 4.92. The molecule has 0 radical (unpaired) electrons. The van der Waals surface area contributed by atoms with Gasteiger partial charge in [0.1, 0.15) is 0 Å². The van der Waals surface area contributed by atoms with Gasteiger partial charge in [0.15, 0.2) is 0 Å². The number of unbranched alkanes of at least 4 members (excludes halogenated alkanes) is 1. The van der Waals surface area contributed by atoms with E-state index in [0.717, 1.165) is 13.0 Å². The third-order valence-electron chi connectivity index (χ3n) is 3.59. The molecule has 0 atom stereocenters. The van der Waals surface area contributed by atoms with Crippen molar-refractivity contribution in [3.8, 4) is 0 Å². The van der Waals surface area contributed by atoms with Crippen molar-refractivity contribution in [3.05, 3.63) is 29.8 Å². The molecule has 1 fully saturated rings. The molecule has 17 heavy (non-hydrogen) atoms. The smallest absolute Gasteiger partial charge is 0.0398 e. The number of nitrogens with two attached hydrogens (primary N) is 1. The van der Waals surface area contributed by atoms with E-state index in [1.807, 2.05) is 0 Å². The first-order chi connectivity index (χ1) is 8.42. The number of para-hydroxylation sites is 1. The van der Waals surface area contributed by atoms with Crippen LogP contribution in [0.2, 0.25) is 0 Å². The van der Waals surface area contributed by atoms with Gasteiger partial charge in [0.2, 0.25) is 0 Å². The van der Waals surface area contributed by atoms with Crippen molar-refractivity contribution in [2.75, 3.05) is 24.5 Å². The Bertz CT molecular complexity index is 329. The molecule has 0 aliphatic carbocycles. The summed E-state index contributed by atoms with van der Waals surface area (Å²) >= 11 is 0. The molecular formula is C15H24N2. The van der Waals surface area contributed by atoms with Gasteiger partial charge >= 0.3 is 0 Å². The summed E-state index contributed by atoms with van der Waals surface area (Å²) in [7, 11) is 0. The zero-order chi connectivity index (χ0) is 11.9. The molecule has 0 amide bonds. The van der Waals surface area contributed by atoms with E-state index in [9.17, 15) is 0 Å². The number of hydrogen-bond acceptors (Lipinski definition) is 2. The number of benzene rings is 1. The SMILES string of the molecule is NCCCCc1ccccc1N1CCCCC1. The third-order valence-corrected chi connectivity index (χ3v) is 3.59. The Kier molecular flexibility index (Phi) is 4.87. The van der Waals surface area contributed by atoms with Gasteiger partial charge in [-0.15, -0.1) is 0 Å². The lowest BCUT2D eigenvalue weighted by atomic mass is 10.0. The van der Waals surface area contributed by atoms with Crippen molar-refractivity contribution in [2.24, 2.45) is 5.73 Å². The fraction of sp³-hybridized carbons (Fsp3) is 0.600. The molecule has 0 saturated carbocycles. The maximum atomic E-state index is 5.56. The zero-order valence-electron chi connectivity index (χ0n) is 10.7. The lowest BCUT2D eigenvalue weighted by Crippen LogP contribution is -2.30. The Morgan fingerprint density at radius 3 is 2.53 bits per heavy atom. The van der Waals surface area contributed by atoms with E-state index < -0.39 is 0 Å². The first-order valence-corrected chi connectivity index (χ1v) is 6.95. The van der Waals surface area contributed by atoms with Gasteiger partial charge in [-0.2, -0.15) is 0 Å². The predicted molar refractivity (Wildman–Crippen MR) is 74.5 cm³/mol. The van der Waals surface area contributed by atoms with E-state index in [0.29, 0.717) is 0 Å². The summed E-state index contributed by atoms with van der Waals surface area (Å²) in [5.41, 5.74) is 8.53. The van der Waals surface area contributed by atoms with Crippen molar-refractivity contribution in [1.29, 1.82) is 0 Å². The number of nitrogens with zero attached hydrogens (tertiary/aromatic N) is 1. The number of piperidine rings is 1. The summed E-state index contributed by atoms with van der Waals surface area (Å²) in [4.78, 5) is 2.56. The monoisotopic (exact) mass is 232 g/mol. The highest BCUT2D eigenvalue weighted by atomic mass is 15.1. The van der Waals surface area contributed by atoms with E-state index >= 15 is 0 Å². The fourth-order valence-corrected chi connectivity index (χ4v) is 2.63. The molecule has 0 spiro atoms. The molecule has 2 heteroatoms. The van der Waals surface area contributed by atoms with Crippen LogP contribution in [0.3, 0.4) is 0 Å². The van der Waals surface area contributed by atoms with Gasteiger partial charge in [-0.05, 0) is 56.7 Å². The van der Waals surface area contributed by atoms with E-state index in [2.05, 4.69) is 29.2 Å². The first-order valence-electron chi connectivity index (χ1n) is 6.95. The second kappa shape index (κ2) is 6.65. The standard InChI is InChI=1S/C15H24N2/c16-11-5-4-9-14-8-2-3-10-15(14)17-12-6-1-7-13-17/h2-3,8,10H,1,4-7,9,11-13,16H2. The normalized spacial score (nSPS) is 16.2. The molecule has 0 aromatic heterocycles. The van der Waals surface area contributed by atoms with Crippen LogP contribution in [0, 0.1) is 0 Å². The van der Waals surface area contributed by atoms with Gasteiger partial charge in [0.05, 0.1) is 0 Å². The summed E-state index contributed by atoms with van der Waals surface area (Å²) in [6, 6.07) is 8.88. The van der Waals surface area contributed by atoms with Gasteiger partial charge in [0, 0.05) is 18.8 Å². The summed E-state index contributed by atoms with van der Waals surface area (Å²) in [5, 5.41) is 0. The van der Waals surface area contributed by atoms with Gasteiger partial charge < -0.3 is 10.6 Å². The number of anilines is 1. The minimum atomic E-state index is 0.811. The molecule has 0 unspecified atom stereocenters. The lowest BCUT2D eigenvalue weighted by molar-refractivity contribution is 0.575. The largest absolute Gasteiger partial charge is 0.371 e. The Balaban J connectivity index is 2.03. The number of aryl methyl sites for hydroxylation is 1. The molecular weight excluding hydrogens is 208 g/mol. The maximum Gasteiger partial charge on any atom is 0.0398 e. The summed E-state index contributed by atoms with van der Waals surface area (Å²) in [6.07, 6.45) is 7.60. The van der Waals surface area contributed by atoms with Crippen LogP contribution >= 0.6 is 0 Å². The van der Waals surface area contributed by atoms with Crippen molar-refractivity contribution in [3.63, 3.8) is 0 Å². The van der Waals surface area contributed by atoms with Gasteiger partial charge in [-0.25, -0.2) is 0 Å². The van der Waals surface area contributed by atoms with E-state index in [1.165, 1.54) is 56.4 Å². The molecule has 1 aromatic rings. The van der Waals surface area contributed by atoms with Crippen LogP contribution in [-0.2, 0) is 6.42 Å². The van der Waals surface area contributed by atoms with E-state index in [4.69, 9.17) is 5.73 Å². The summed E-state index contributed by atoms with van der Waals surface area (Å²) in [5.74, 6) is 0. The maximum absolute atomic E-state index is 5.56. The molecule has 94 valence electrons. The minimum absolute atomic E-state index is 0.811. The van der Waals surface area contributed by atoms with Gasteiger partial charge in [-0.1, -0.05) is 18.2 Å². The Morgan fingerprint density at radius 2 is 1.76 bits per heavy atom. The zero-order valence-corrected chi connectivity index (χ0v) is 10.7. The van der Waals surface area contributed by atoms with Crippen LogP contribution in [0.15, 0.2) is 24.3 Å². The van der Waals surface area contributed by atoms with Crippen LogP contribution < -0.4 is 10.6 Å². The highest BCUT2D eigenvalue weighted by Crippen LogP contribution is 2.25. The molecule has 1 saturated heterocycles.